The molecule has 4 heteroatoms. The Bertz CT molecular complexity index is 712. The molecule has 3 rings (SSSR count). The third-order valence-corrected chi connectivity index (χ3v) is 5.07. The lowest BCUT2D eigenvalue weighted by Crippen LogP contribution is -2.36. The maximum absolute atomic E-state index is 12.7. The van der Waals surface area contributed by atoms with Gasteiger partial charge in [-0.25, -0.2) is 0 Å². The fourth-order valence-electron chi connectivity index (χ4n) is 2.76. The van der Waals surface area contributed by atoms with Crippen molar-refractivity contribution in [3.63, 3.8) is 0 Å². The van der Waals surface area contributed by atoms with Crippen molar-refractivity contribution < 1.29 is 4.79 Å². The van der Waals surface area contributed by atoms with Gasteiger partial charge in [-0.1, -0.05) is 24.3 Å². The number of rotatable bonds is 1. The molecule has 0 fully saturated rings. The van der Waals surface area contributed by atoms with E-state index in [1.165, 1.54) is 5.56 Å². The molecule has 0 aromatic heterocycles. The van der Waals surface area contributed by atoms with Crippen LogP contribution in [0, 0.1) is 6.92 Å². The van der Waals surface area contributed by atoms with Crippen LogP contribution in [0.3, 0.4) is 0 Å². The average molecular weight is 345 g/mol. The van der Waals surface area contributed by atoms with Gasteiger partial charge in [-0.15, -0.1) is 0 Å². The van der Waals surface area contributed by atoms with Gasteiger partial charge in [-0.05, 0) is 58.1 Å². The first-order valence-corrected chi connectivity index (χ1v) is 7.78. The normalized spacial score (nSPS) is 13.9. The SMILES string of the molecule is Cc1cccc(C(=O)N2CCc3cccc(N)c3C2)c1Br. The summed E-state index contributed by atoms with van der Waals surface area (Å²) >= 11 is 3.52. The Balaban J connectivity index is 1.91. The Labute approximate surface area is 132 Å². The number of carbonyl (C=O) groups is 1. The van der Waals surface area contributed by atoms with Crippen molar-refractivity contribution in [2.24, 2.45) is 0 Å². The largest absolute Gasteiger partial charge is 0.398 e. The minimum Gasteiger partial charge on any atom is -0.398 e. The number of fused-ring (bicyclic) bond motifs is 1. The van der Waals surface area contributed by atoms with Gasteiger partial charge in [-0.3, -0.25) is 4.79 Å². The van der Waals surface area contributed by atoms with E-state index in [9.17, 15) is 4.79 Å². The van der Waals surface area contributed by atoms with Gasteiger partial charge in [0.05, 0.1) is 5.56 Å². The van der Waals surface area contributed by atoms with Crippen LogP contribution in [0.2, 0.25) is 0 Å². The second kappa shape index (κ2) is 5.53. The molecule has 2 N–H and O–H groups in total. The Morgan fingerprint density at radius 2 is 2.00 bits per heavy atom. The van der Waals surface area contributed by atoms with Crippen molar-refractivity contribution in [1.82, 2.24) is 4.90 Å². The molecule has 0 aliphatic carbocycles. The van der Waals surface area contributed by atoms with Gasteiger partial charge in [0.25, 0.3) is 5.91 Å². The predicted molar refractivity (Wildman–Crippen MR) is 88.2 cm³/mol. The Kier molecular flexibility index (Phi) is 3.72. The summed E-state index contributed by atoms with van der Waals surface area (Å²) in [5.74, 6) is 0.0551. The van der Waals surface area contributed by atoms with Gasteiger partial charge in [0.2, 0.25) is 0 Å². The highest BCUT2D eigenvalue weighted by Gasteiger charge is 2.24. The number of amides is 1. The molecule has 0 saturated heterocycles. The van der Waals surface area contributed by atoms with Crippen molar-refractivity contribution in [3.8, 4) is 0 Å². The van der Waals surface area contributed by atoms with E-state index in [4.69, 9.17) is 5.73 Å². The molecule has 0 unspecified atom stereocenters. The smallest absolute Gasteiger partial charge is 0.255 e. The summed E-state index contributed by atoms with van der Waals surface area (Å²) in [4.78, 5) is 14.6. The molecule has 21 heavy (non-hydrogen) atoms. The number of nitrogens with two attached hydrogens (primary N) is 1. The highest BCUT2D eigenvalue weighted by Crippen LogP contribution is 2.28. The Morgan fingerprint density at radius 3 is 2.81 bits per heavy atom. The van der Waals surface area contributed by atoms with Crippen molar-refractivity contribution in [1.29, 1.82) is 0 Å². The highest BCUT2D eigenvalue weighted by atomic mass is 79.9. The van der Waals surface area contributed by atoms with Gasteiger partial charge < -0.3 is 10.6 Å². The summed E-state index contributed by atoms with van der Waals surface area (Å²) in [7, 11) is 0. The number of benzene rings is 2. The van der Waals surface area contributed by atoms with Crippen LogP contribution in [0.5, 0.6) is 0 Å². The lowest BCUT2D eigenvalue weighted by atomic mass is 9.97. The molecular formula is C17H17BrN2O. The summed E-state index contributed by atoms with van der Waals surface area (Å²) in [5.41, 5.74) is 10.9. The van der Waals surface area contributed by atoms with Crippen LogP contribution in [0.25, 0.3) is 0 Å². The van der Waals surface area contributed by atoms with Crippen molar-refractivity contribution >= 4 is 27.5 Å². The zero-order chi connectivity index (χ0) is 15.0. The predicted octanol–water partition coefficient (Wildman–Crippen LogP) is 3.54. The zero-order valence-electron chi connectivity index (χ0n) is 11.9. The summed E-state index contributed by atoms with van der Waals surface area (Å²) in [5, 5.41) is 0. The number of nitrogen functional groups attached to an aromatic ring is 1. The van der Waals surface area contributed by atoms with Gasteiger partial charge in [0, 0.05) is 23.2 Å². The van der Waals surface area contributed by atoms with E-state index in [0.29, 0.717) is 12.1 Å². The van der Waals surface area contributed by atoms with E-state index in [-0.39, 0.29) is 5.91 Å². The minimum atomic E-state index is 0.0551. The molecule has 0 saturated carbocycles. The quantitative estimate of drug-likeness (QED) is 0.804. The van der Waals surface area contributed by atoms with Crippen LogP contribution in [-0.4, -0.2) is 17.4 Å². The topological polar surface area (TPSA) is 46.3 Å². The Morgan fingerprint density at radius 1 is 1.24 bits per heavy atom. The van der Waals surface area contributed by atoms with Crippen molar-refractivity contribution in [2.45, 2.75) is 19.9 Å². The van der Waals surface area contributed by atoms with Crippen molar-refractivity contribution in [3.05, 3.63) is 63.1 Å². The fourth-order valence-corrected chi connectivity index (χ4v) is 3.20. The van der Waals surface area contributed by atoms with Gasteiger partial charge >= 0.3 is 0 Å². The second-order valence-electron chi connectivity index (χ2n) is 5.40. The fraction of sp³-hybridized carbons (Fsp3) is 0.235. The molecule has 0 atom stereocenters. The van der Waals surface area contributed by atoms with Crippen LogP contribution in [0.1, 0.15) is 27.0 Å². The first kappa shape index (κ1) is 14.1. The standard InChI is InChI=1S/C17H17BrN2O/c1-11-4-2-6-13(16(11)18)17(21)20-9-8-12-5-3-7-15(19)14(12)10-20/h2-7H,8-10,19H2,1H3. The maximum Gasteiger partial charge on any atom is 0.255 e. The number of hydrogen-bond donors (Lipinski definition) is 1. The monoisotopic (exact) mass is 344 g/mol. The molecular weight excluding hydrogens is 328 g/mol. The molecule has 0 spiro atoms. The lowest BCUT2D eigenvalue weighted by molar-refractivity contribution is 0.0734. The average Bonchev–Trinajstić information content (AvgIpc) is 2.49. The van der Waals surface area contributed by atoms with Gasteiger partial charge in [-0.2, -0.15) is 0 Å². The molecule has 0 radical (unpaired) electrons. The first-order valence-electron chi connectivity index (χ1n) is 6.98. The van der Waals surface area contributed by atoms with Gasteiger partial charge in [0.15, 0.2) is 0 Å². The van der Waals surface area contributed by atoms with Gasteiger partial charge in [0.1, 0.15) is 0 Å². The summed E-state index contributed by atoms with van der Waals surface area (Å²) in [6, 6.07) is 11.7. The van der Waals surface area contributed by atoms with E-state index in [1.54, 1.807) is 0 Å². The third kappa shape index (κ3) is 2.56. The minimum absolute atomic E-state index is 0.0551. The van der Waals surface area contributed by atoms with E-state index in [2.05, 4.69) is 22.0 Å². The van der Waals surface area contributed by atoms with E-state index >= 15 is 0 Å². The Hall–Kier alpha value is -1.81. The summed E-state index contributed by atoms with van der Waals surface area (Å²) in [6.07, 6.45) is 0.857. The summed E-state index contributed by atoms with van der Waals surface area (Å²) < 4.78 is 0.877. The van der Waals surface area contributed by atoms with Crippen LogP contribution >= 0.6 is 15.9 Å². The molecule has 0 bridgehead atoms. The molecule has 1 amide bonds. The number of halogens is 1. The molecule has 2 aromatic rings. The molecule has 108 valence electrons. The van der Waals surface area contributed by atoms with Crippen molar-refractivity contribution in [2.75, 3.05) is 12.3 Å². The van der Waals surface area contributed by atoms with Crippen LogP contribution < -0.4 is 5.73 Å². The maximum atomic E-state index is 12.7. The highest BCUT2D eigenvalue weighted by molar-refractivity contribution is 9.10. The van der Waals surface area contributed by atoms with E-state index in [0.717, 1.165) is 34.3 Å². The summed E-state index contributed by atoms with van der Waals surface area (Å²) in [6.45, 7) is 3.31. The number of hydrogen-bond acceptors (Lipinski definition) is 2. The van der Waals surface area contributed by atoms with Crippen LogP contribution in [0.4, 0.5) is 5.69 Å². The third-order valence-electron chi connectivity index (χ3n) is 4.02. The first-order chi connectivity index (χ1) is 10.1. The lowest BCUT2D eigenvalue weighted by Gasteiger charge is -2.30. The molecule has 1 aliphatic heterocycles. The van der Waals surface area contributed by atoms with Crippen LogP contribution in [0.15, 0.2) is 40.9 Å². The zero-order valence-corrected chi connectivity index (χ0v) is 13.5. The molecule has 3 nitrogen and oxygen atoms in total. The van der Waals surface area contributed by atoms with E-state index < -0.39 is 0 Å². The molecule has 1 aliphatic rings. The van der Waals surface area contributed by atoms with Crippen LogP contribution in [-0.2, 0) is 13.0 Å². The van der Waals surface area contributed by atoms with E-state index in [1.807, 2.05) is 42.2 Å². The number of anilines is 1. The number of nitrogens with zero attached hydrogens (tertiary/aromatic N) is 1. The molecule has 1 heterocycles. The number of carbonyl (C=O) groups excluding carboxylic acids is 1. The second-order valence-corrected chi connectivity index (χ2v) is 6.19. The number of aryl methyl sites for hydroxylation is 1. The molecule has 2 aromatic carbocycles.